The topological polar surface area (TPSA) is 61.9 Å². The summed E-state index contributed by atoms with van der Waals surface area (Å²) in [6.45, 7) is 5.49. The summed E-state index contributed by atoms with van der Waals surface area (Å²) in [6, 6.07) is 7.85. The fourth-order valence-corrected chi connectivity index (χ4v) is 6.96. The standard InChI is InChI=1S/C25H35N3O3/c1-18-3-2-4-22(11-18)31-10-5-26-24(30)28-8-6-27(7-9-28)23(29)25-15-19-12-20(16-25)14-21(13-19)17-25/h2-4,11,19-21H,5-10,12-17H2,1H3,(H,26,30). The molecule has 6 nitrogen and oxygen atoms in total. The second-order valence-corrected chi connectivity index (χ2v) is 10.4. The molecule has 0 aromatic heterocycles. The zero-order chi connectivity index (χ0) is 21.4. The SMILES string of the molecule is Cc1cccc(OCCNC(=O)N2CCN(C(=O)C34CC5CC(CC(C5)C3)C4)CC2)c1. The molecule has 1 aromatic rings. The summed E-state index contributed by atoms with van der Waals surface area (Å²) >= 11 is 0. The van der Waals surface area contributed by atoms with Crippen LogP contribution in [0.2, 0.25) is 0 Å². The van der Waals surface area contributed by atoms with E-state index in [-0.39, 0.29) is 11.4 Å². The van der Waals surface area contributed by atoms with Crippen molar-refractivity contribution in [2.24, 2.45) is 23.2 Å². The number of hydrogen-bond acceptors (Lipinski definition) is 3. The number of piperazine rings is 1. The second kappa shape index (κ2) is 8.36. The van der Waals surface area contributed by atoms with Crippen molar-refractivity contribution in [3.05, 3.63) is 29.8 Å². The maximum Gasteiger partial charge on any atom is 0.317 e. The van der Waals surface area contributed by atoms with Crippen LogP contribution in [-0.4, -0.2) is 61.1 Å². The number of nitrogens with zero attached hydrogens (tertiary/aromatic N) is 2. The van der Waals surface area contributed by atoms with E-state index in [1.54, 1.807) is 0 Å². The highest BCUT2D eigenvalue weighted by Gasteiger charge is 2.55. The Hall–Kier alpha value is -2.24. The van der Waals surface area contributed by atoms with Crippen molar-refractivity contribution in [1.82, 2.24) is 15.1 Å². The van der Waals surface area contributed by atoms with E-state index in [4.69, 9.17) is 4.74 Å². The molecule has 3 amide bonds. The van der Waals surface area contributed by atoms with Crippen molar-refractivity contribution < 1.29 is 14.3 Å². The Morgan fingerprint density at radius 3 is 2.23 bits per heavy atom. The van der Waals surface area contributed by atoms with Crippen LogP contribution in [0.1, 0.15) is 44.1 Å². The number of rotatable bonds is 5. The van der Waals surface area contributed by atoms with Gasteiger partial charge in [0.2, 0.25) is 5.91 Å². The fraction of sp³-hybridized carbons (Fsp3) is 0.680. The van der Waals surface area contributed by atoms with Crippen molar-refractivity contribution in [3.63, 3.8) is 0 Å². The molecule has 6 heteroatoms. The van der Waals surface area contributed by atoms with Gasteiger partial charge in [-0.15, -0.1) is 0 Å². The first kappa shape index (κ1) is 20.7. The average Bonchev–Trinajstić information content (AvgIpc) is 2.75. The molecule has 5 aliphatic rings. The molecule has 1 saturated heterocycles. The molecular weight excluding hydrogens is 390 g/mol. The smallest absolute Gasteiger partial charge is 0.317 e. The van der Waals surface area contributed by atoms with E-state index >= 15 is 0 Å². The Balaban J connectivity index is 1.06. The van der Waals surface area contributed by atoms with E-state index in [2.05, 4.69) is 10.2 Å². The average molecular weight is 426 g/mol. The molecule has 1 aliphatic heterocycles. The maximum absolute atomic E-state index is 13.5. The minimum absolute atomic E-state index is 0.0604. The number of nitrogens with one attached hydrogen (secondary N) is 1. The van der Waals surface area contributed by atoms with Gasteiger partial charge in [0.1, 0.15) is 12.4 Å². The Morgan fingerprint density at radius 2 is 1.61 bits per heavy atom. The predicted molar refractivity (Wildman–Crippen MR) is 119 cm³/mol. The summed E-state index contributed by atoms with van der Waals surface area (Å²) < 4.78 is 5.70. The highest BCUT2D eigenvalue weighted by molar-refractivity contribution is 5.84. The van der Waals surface area contributed by atoms with Crippen LogP contribution in [0.15, 0.2) is 24.3 Å². The Kier molecular flexibility index (Phi) is 5.57. The van der Waals surface area contributed by atoms with Crippen LogP contribution in [0.4, 0.5) is 4.79 Å². The number of ether oxygens (including phenoxy) is 1. The van der Waals surface area contributed by atoms with Crippen LogP contribution < -0.4 is 10.1 Å². The van der Waals surface area contributed by atoms with E-state index in [1.807, 2.05) is 36.1 Å². The van der Waals surface area contributed by atoms with Crippen molar-refractivity contribution in [2.45, 2.75) is 45.4 Å². The van der Waals surface area contributed by atoms with Gasteiger partial charge in [-0.1, -0.05) is 12.1 Å². The lowest BCUT2D eigenvalue weighted by atomic mass is 9.49. The van der Waals surface area contributed by atoms with Gasteiger partial charge in [-0.3, -0.25) is 4.79 Å². The molecule has 1 aromatic carbocycles. The first-order valence-electron chi connectivity index (χ1n) is 12.0. The quantitative estimate of drug-likeness (QED) is 0.735. The molecule has 4 saturated carbocycles. The molecule has 0 unspecified atom stereocenters. The summed E-state index contributed by atoms with van der Waals surface area (Å²) in [5.74, 6) is 3.56. The summed E-state index contributed by atoms with van der Waals surface area (Å²) in [5.41, 5.74) is 1.08. The lowest BCUT2D eigenvalue weighted by Crippen LogP contribution is -2.59. The minimum atomic E-state index is -0.0771. The van der Waals surface area contributed by atoms with Gasteiger partial charge in [-0.05, 0) is 80.9 Å². The van der Waals surface area contributed by atoms with E-state index in [0.717, 1.165) is 48.3 Å². The molecule has 31 heavy (non-hydrogen) atoms. The Bertz CT molecular complexity index is 796. The third kappa shape index (κ3) is 4.26. The van der Waals surface area contributed by atoms with E-state index < -0.39 is 0 Å². The molecule has 0 atom stereocenters. The van der Waals surface area contributed by atoms with Crippen LogP contribution in [0.3, 0.4) is 0 Å². The number of hydrogen-bond donors (Lipinski definition) is 1. The van der Waals surface area contributed by atoms with Crippen LogP contribution in [0.5, 0.6) is 5.75 Å². The van der Waals surface area contributed by atoms with Gasteiger partial charge in [0.05, 0.1) is 12.0 Å². The van der Waals surface area contributed by atoms with E-state index in [0.29, 0.717) is 45.2 Å². The van der Waals surface area contributed by atoms with Crippen molar-refractivity contribution >= 4 is 11.9 Å². The lowest BCUT2D eigenvalue weighted by Gasteiger charge is -2.57. The molecule has 5 fully saturated rings. The number of aryl methyl sites for hydroxylation is 1. The van der Waals surface area contributed by atoms with E-state index in [9.17, 15) is 9.59 Å². The summed E-state index contributed by atoms with van der Waals surface area (Å²) in [4.78, 5) is 29.9. The molecule has 1 N–H and O–H groups in total. The first-order chi connectivity index (χ1) is 15.0. The largest absolute Gasteiger partial charge is 0.492 e. The highest BCUT2D eigenvalue weighted by atomic mass is 16.5. The van der Waals surface area contributed by atoms with Crippen LogP contribution in [0.25, 0.3) is 0 Å². The summed E-state index contributed by atoms with van der Waals surface area (Å²) in [7, 11) is 0. The molecule has 6 rings (SSSR count). The van der Waals surface area contributed by atoms with E-state index in [1.165, 1.54) is 19.3 Å². The normalized spacial score (nSPS) is 31.6. The predicted octanol–water partition coefficient (Wildman–Crippen LogP) is 3.44. The van der Waals surface area contributed by atoms with Crippen LogP contribution >= 0.6 is 0 Å². The number of urea groups is 1. The van der Waals surface area contributed by atoms with Gasteiger partial charge in [0.25, 0.3) is 0 Å². The molecule has 0 spiro atoms. The van der Waals surface area contributed by atoms with Gasteiger partial charge in [-0.25, -0.2) is 4.79 Å². The van der Waals surface area contributed by atoms with Crippen molar-refractivity contribution in [2.75, 3.05) is 39.3 Å². The monoisotopic (exact) mass is 425 g/mol. The van der Waals surface area contributed by atoms with Gasteiger partial charge in [0.15, 0.2) is 0 Å². The third-order valence-electron chi connectivity index (χ3n) is 7.98. The fourth-order valence-electron chi connectivity index (χ4n) is 6.96. The Labute approximate surface area is 185 Å². The number of carbonyl (C=O) groups excluding carboxylic acids is 2. The number of amides is 3. The van der Waals surface area contributed by atoms with Gasteiger partial charge >= 0.3 is 6.03 Å². The van der Waals surface area contributed by atoms with Gasteiger partial charge < -0.3 is 19.9 Å². The molecular formula is C25H35N3O3. The minimum Gasteiger partial charge on any atom is -0.492 e. The van der Waals surface area contributed by atoms with Gasteiger partial charge in [0, 0.05) is 26.2 Å². The second-order valence-electron chi connectivity index (χ2n) is 10.4. The highest BCUT2D eigenvalue weighted by Crippen LogP contribution is 2.60. The van der Waals surface area contributed by atoms with Crippen molar-refractivity contribution in [3.8, 4) is 5.75 Å². The first-order valence-corrected chi connectivity index (χ1v) is 12.0. The maximum atomic E-state index is 13.5. The van der Waals surface area contributed by atoms with Crippen LogP contribution in [-0.2, 0) is 4.79 Å². The zero-order valence-corrected chi connectivity index (χ0v) is 18.6. The zero-order valence-electron chi connectivity index (χ0n) is 18.6. The molecule has 0 radical (unpaired) electrons. The molecule has 168 valence electrons. The molecule has 4 bridgehead atoms. The van der Waals surface area contributed by atoms with Crippen molar-refractivity contribution in [1.29, 1.82) is 0 Å². The lowest BCUT2D eigenvalue weighted by molar-refractivity contribution is -0.159. The number of carbonyl (C=O) groups is 2. The summed E-state index contributed by atoms with van der Waals surface area (Å²) in [6.07, 6.45) is 7.40. The van der Waals surface area contributed by atoms with Gasteiger partial charge in [-0.2, -0.15) is 0 Å². The summed E-state index contributed by atoms with van der Waals surface area (Å²) in [5, 5.41) is 2.95. The molecule has 4 aliphatic carbocycles. The van der Waals surface area contributed by atoms with Crippen LogP contribution in [0, 0.1) is 30.1 Å². The number of benzene rings is 1. The molecule has 1 heterocycles. The third-order valence-corrected chi connectivity index (χ3v) is 7.98. The Morgan fingerprint density at radius 1 is 1.00 bits per heavy atom.